The summed E-state index contributed by atoms with van der Waals surface area (Å²) in [5.74, 6) is 0. The minimum Gasteiger partial charge on any atom is -0.258 e. The average molecular weight is 365 g/mol. The van der Waals surface area contributed by atoms with Crippen LogP contribution in [-0.2, 0) is 0 Å². The van der Waals surface area contributed by atoms with Crippen molar-refractivity contribution in [3.05, 3.63) is 66.9 Å². The maximum absolute atomic E-state index is 11.0. The summed E-state index contributed by atoms with van der Waals surface area (Å²) in [4.78, 5) is 28.5. The Morgan fingerprint density at radius 3 is 2.08 bits per heavy atom. The molecule has 0 aliphatic carbocycles. The van der Waals surface area contributed by atoms with Crippen molar-refractivity contribution < 1.29 is 9.85 Å². The Morgan fingerprint density at radius 2 is 1.50 bits per heavy atom. The molecule has 0 aliphatic heterocycles. The second-order valence-electron chi connectivity index (χ2n) is 4.73. The maximum atomic E-state index is 11.0. The van der Waals surface area contributed by atoms with E-state index in [9.17, 15) is 20.2 Å². The molecule has 1 aromatic carbocycles. The summed E-state index contributed by atoms with van der Waals surface area (Å²) in [5, 5.41) is 21.9. The van der Waals surface area contributed by atoms with Gasteiger partial charge in [0, 0.05) is 29.1 Å². The lowest BCUT2D eigenvalue weighted by molar-refractivity contribution is -0.385. The zero-order valence-electron chi connectivity index (χ0n) is 11.6. The molecule has 8 nitrogen and oxygen atoms in total. The Hall–Kier alpha value is -2.84. The number of halogens is 2. The number of pyridine rings is 2. The number of hydrogen-bond donors (Lipinski definition) is 0. The molecule has 0 saturated carbocycles. The van der Waals surface area contributed by atoms with Gasteiger partial charge in [-0.1, -0.05) is 23.2 Å². The predicted molar refractivity (Wildman–Crippen MR) is 88.3 cm³/mol. The summed E-state index contributed by atoms with van der Waals surface area (Å²) in [6, 6.07) is 8.52. The molecule has 0 bridgehead atoms. The lowest BCUT2D eigenvalue weighted by atomic mass is 10.1. The van der Waals surface area contributed by atoms with Gasteiger partial charge in [0.2, 0.25) is 5.15 Å². The van der Waals surface area contributed by atoms with Crippen LogP contribution in [0, 0.1) is 20.2 Å². The lowest BCUT2D eigenvalue weighted by Crippen LogP contribution is -1.95. The first-order valence-corrected chi connectivity index (χ1v) is 7.18. The lowest BCUT2D eigenvalue weighted by Gasteiger charge is -2.06. The van der Waals surface area contributed by atoms with E-state index in [0.29, 0.717) is 16.5 Å². The highest BCUT2D eigenvalue weighted by atomic mass is 35.5. The van der Waals surface area contributed by atoms with Gasteiger partial charge in [0.05, 0.1) is 9.85 Å². The Balaban J connectivity index is 2.17. The Morgan fingerprint density at radius 1 is 0.875 bits per heavy atom. The van der Waals surface area contributed by atoms with Gasteiger partial charge >= 0.3 is 5.69 Å². The van der Waals surface area contributed by atoms with Gasteiger partial charge in [-0.05, 0) is 23.8 Å². The van der Waals surface area contributed by atoms with E-state index >= 15 is 0 Å². The second-order valence-corrected chi connectivity index (χ2v) is 5.45. The number of rotatable bonds is 3. The first-order chi connectivity index (χ1) is 11.4. The third kappa shape index (κ3) is 2.84. The average Bonchev–Trinajstić information content (AvgIpc) is 2.53. The number of nitro benzene ring substituents is 1. The molecule has 0 unspecified atom stereocenters. The monoisotopic (exact) mass is 364 g/mol. The van der Waals surface area contributed by atoms with Crippen LogP contribution in [-0.4, -0.2) is 19.8 Å². The normalized spacial score (nSPS) is 10.8. The molecule has 0 aliphatic rings. The number of hydrogen-bond acceptors (Lipinski definition) is 6. The van der Waals surface area contributed by atoms with E-state index in [1.807, 2.05) is 0 Å². The van der Waals surface area contributed by atoms with Crippen molar-refractivity contribution in [1.29, 1.82) is 0 Å². The molecule has 24 heavy (non-hydrogen) atoms. The first-order valence-electron chi connectivity index (χ1n) is 6.43. The van der Waals surface area contributed by atoms with Crippen LogP contribution in [0.3, 0.4) is 0 Å². The van der Waals surface area contributed by atoms with Crippen LogP contribution < -0.4 is 0 Å². The summed E-state index contributed by atoms with van der Waals surface area (Å²) < 4.78 is 0. The van der Waals surface area contributed by atoms with Crippen molar-refractivity contribution in [3.63, 3.8) is 0 Å². The number of aromatic nitrogens is 2. The molecule has 3 rings (SSSR count). The van der Waals surface area contributed by atoms with Gasteiger partial charge in [0.1, 0.15) is 5.15 Å². The highest BCUT2D eigenvalue weighted by Gasteiger charge is 2.18. The molecule has 10 heteroatoms. The Kier molecular flexibility index (Phi) is 4.00. The molecule has 3 aromatic rings. The largest absolute Gasteiger partial charge is 0.307 e. The molecule has 0 spiro atoms. The molecular formula is C14H6Cl2N4O4. The van der Waals surface area contributed by atoms with Gasteiger partial charge in [-0.2, -0.15) is 0 Å². The van der Waals surface area contributed by atoms with Gasteiger partial charge in [0.15, 0.2) is 5.65 Å². The van der Waals surface area contributed by atoms with E-state index in [-0.39, 0.29) is 27.3 Å². The van der Waals surface area contributed by atoms with Crippen molar-refractivity contribution in [2.24, 2.45) is 0 Å². The summed E-state index contributed by atoms with van der Waals surface area (Å²) in [5.41, 5.74) is 0.812. The van der Waals surface area contributed by atoms with Gasteiger partial charge in [-0.3, -0.25) is 20.2 Å². The summed E-state index contributed by atoms with van der Waals surface area (Å²) in [6.07, 6.45) is 0. The molecule has 0 N–H and O–H groups in total. The zero-order valence-corrected chi connectivity index (χ0v) is 13.2. The predicted octanol–water partition coefficient (Wildman–Crippen LogP) is 4.42. The van der Waals surface area contributed by atoms with Crippen LogP contribution in [0.2, 0.25) is 10.3 Å². The minimum absolute atomic E-state index is 0.0623. The quantitative estimate of drug-likeness (QED) is 0.386. The SMILES string of the molecule is O=[N+]([O-])c1ccc(-c2cc3cc([N+](=O)[O-])c(Cl)nc3nc2Cl)cc1. The number of nitro groups is 2. The van der Waals surface area contributed by atoms with Crippen LogP contribution in [0.4, 0.5) is 11.4 Å². The molecule has 120 valence electrons. The van der Waals surface area contributed by atoms with Gasteiger partial charge in [-0.15, -0.1) is 0 Å². The van der Waals surface area contributed by atoms with Crippen molar-refractivity contribution in [1.82, 2.24) is 9.97 Å². The molecule has 0 radical (unpaired) electrons. The molecular weight excluding hydrogens is 359 g/mol. The fraction of sp³-hybridized carbons (Fsp3) is 0. The number of fused-ring (bicyclic) bond motifs is 1. The first kappa shape index (κ1) is 16.0. The second kappa shape index (κ2) is 5.99. The van der Waals surface area contributed by atoms with E-state index in [1.165, 1.54) is 30.3 Å². The summed E-state index contributed by atoms with van der Waals surface area (Å²) in [6.45, 7) is 0. The number of nitrogens with zero attached hydrogens (tertiary/aromatic N) is 4. The summed E-state index contributed by atoms with van der Waals surface area (Å²) >= 11 is 11.9. The minimum atomic E-state index is -0.644. The Labute approximate surface area is 144 Å². The third-order valence-electron chi connectivity index (χ3n) is 3.28. The molecule has 2 aromatic heterocycles. The fourth-order valence-electron chi connectivity index (χ4n) is 2.14. The van der Waals surface area contributed by atoms with Gasteiger partial charge in [-0.25, -0.2) is 9.97 Å². The highest BCUT2D eigenvalue weighted by Crippen LogP contribution is 2.33. The van der Waals surface area contributed by atoms with E-state index < -0.39 is 9.85 Å². The zero-order chi connectivity index (χ0) is 17.4. The smallest absolute Gasteiger partial charge is 0.258 e. The van der Waals surface area contributed by atoms with Gasteiger partial charge < -0.3 is 0 Å². The van der Waals surface area contributed by atoms with Crippen LogP contribution in [0.15, 0.2) is 36.4 Å². The van der Waals surface area contributed by atoms with Crippen molar-refractivity contribution in [3.8, 4) is 11.1 Å². The number of non-ortho nitro benzene ring substituents is 1. The maximum Gasteiger partial charge on any atom is 0.307 e. The fourth-order valence-corrected chi connectivity index (χ4v) is 2.59. The van der Waals surface area contributed by atoms with Crippen LogP contribution in [0.5, 0.6) is 0 Å². The van der Waals surface area contributed by atoms with Crippen molar-refractivity contribution in [2.75, 3.05) is 0 Å². The Bertz CT molecular complexity index is 992. The summed E-state index contributed by atoms with van der Waals surface area (Å²) in [7, 11) is 0. The van der Waals surface area contributed by atoms with E-state index in [0.717, 1.165) is 0 Å². The molecule has 0 fully saturated rings. The third-order valence-corrected chi connectivity index (χ3v) is 3.84. The topological polar surface area (TPSA) is 112 Å². The molecule has 0 atom stereocenters. The van der Waals surface area contributed by atoms with E-state index in [4.69, 9.17) is 23.2 Å². The van der Waals surface area contributed by atoms with Crippen molar-refractivity contribution >= 4 is 45.6 Å². The number of benzene rings is 1. The highest BCUT2D eigenvalue weighted by molar-refractivity contribution is 6.33. The molecule has 0 amide bonds. The van der Waals surface area contributed by atoms with Crippen LogP contribution in [0.1, 0.15) is 0 Å². The molecule has 2 heterocycles. The van der Waals surface area contributed by atoms with E-state index in [2.05, 4.69) is 9.97 Å². The van der Waals surface area contributed by atoms with Crippen LogP contribution >= 0.6 is 23.2 Å². The standard InChI is InChI=1S/C14H6Cl2N4O4/c15-12-10(7-1-3-9(4-2-7)19(21)22)5-8-6-11(20(23)24)13(16)18-14(8)17-12/h1-6H. The van der Waals surface area contributed by atoms with Gasteiger partial charge in [0.25, 0.3) is 5.69 Å². The van der Waals surface area contributed by atoms with E-state index in [1.54, 1.807) is 6.07 Å². The molecule has 0 saturated heterocycles. The van der Waals surface area contributed by atoms with Crippen LogP contribution in [0.25, 0.3) is 22.2 Å². The van der Waals surface area contributed by atoms with Crippen molar-refractivity contribution in [2.45, 2.75) is 0 Å².